The van der Waals surface area contributed by atoms with Crippen LogP contribution in [0, 0.1) is 12.3 Å². The Morgan fingerprint density at radius 3 is 2.62 bits per heavy atom. The van der Waals surface area contributed by atoms with E-state index in [1.54, 1.807) is 19.2 Å². The van der Waals surface area contributed by atoms with Crippen molar-refractivity contribution in [3.63, 3.8) is 0 Å². The van der Waals surface area contributed by atoms with Gasteiger partial charge in [-0.1, -0.05) is 0 Å². The molecule has 7 nitrogen and oxygen atoms in total. The highest BCUT2D eigenvalue weighted by Gasteiger charge is 2.47. The number of rotatable bonds is 5. The third-order valence-electron chi connectivity index (χ3n) is 4.09. The summed E-state index contributed by atoms with van der Waals surface area (Å²) in [6, 6.07) is -0.500. The van der Waals surface area contributed by atoms with Crippen LogP contribution in [0.25, 0.3) is 0 Å². The molecule has 24 heavy (non-hydrogen) atoms. The number of ether oxygens (including phenoxy) is 2. The monoisotopic (exact) mass is 354 g/mol. The first-order chi connectivity index (χ1) is 11.3. The van der Waals surface area contributed by atoms with E-state index in [-0.39, 0.29) is 18.6 Å². The second-order valence-electron chi connectivity index (χ2n) is 6.10. The lowest BCUT2D eigenvalue weighted by molar-refractivity contribution is -0.158. The lowest BCUT2D eigenvalue weighted by Gasteiger charge is -2.42. The van der Waals surface area contributed by atoms with Crippen LogP contribution < -0.4 is 10.6 Å². The molecule has 1 fully saturated rings. The van der Waals surface area contributed by atoms with Crippen LogP contribution in [0.4, 0.5) is 9.80 Å². The molecule has 0 bridgehead atoms. The SMILES string of the molecule is CCOC(=O)c1c(C)csc1NC(=O)NC1CC(C)(C(=O)OC)C1. The molecule has 1 aromatic heterocycles. The van der Waals surface area contributed by atoms with Crippen molar-refractivity contribution in [2.75, 3.05) is 19.0 Å². The minimum Gasteiger partial charge on any atom is -0.469 e. The molecule has 2 rings (SSSR count). The molecule has 0 aromatic carbocycles. The number of thiophene rings is 1. The fraction of sp³-hybridized carbons (Fsp3) is 0.562. The first-order valence-corrected chi connectivity index (χ1v) is 8.60. The van der Waals surface area contributed by atoms with Gasteiger partial charge in [-0.05, 0) is 44.6 Å². The van der Waals surface area contributed by atoms with Gasteiger partial charge in [-0.3, -0.25) is 10.1 Å². The third-order valence-corrected chi connectivity index (χ3v) is 5.10. The molecule has 1 saturated carbocycles. The summed E-state index contributed by atoms with van der Waals surface area (Å²) in [7, 11) is 1.36. The van der Waals surface area contributed by atoms with Gasteiger partial charge in [0.2, 0.25) is 0 Å². The average Bonchev–Trinajstić information content (AvgIpc) is 2.85. The molecule has 0 saturated heterocycles. The summed E-state index contributed by atoms with van der Waals surface area (Å²) in [5, 5.41) is 7.74. The molecule has 1 aliphatic carbocycles. The Hall–Kier alpha value is -2.09. The summed E-state index contributed by atoms with van der Waals surface area (Å²) in [5.74, 6) is -0.715. The van der Waals surface area contributed by atoms with Crippen molar-refractivity contribution in [1.29, 1.82) is 0 Å². The van der Waals surface area contributed by atoms with Crippen LogP contribution in [0.2, 0.25) is 0 Å². The zero-order valence-electron chi connectivity index (χ0n) is 14.2. The zero-order chi connectivity index (χ0) is 17.9. The molecule has 1 aromatic rings. The Bertz CT molecular complexity index is 649. The maximum absolute atomic E-state index is 12.1. The van der Waals surface area contributed by atoms with E-state index in [4.69, 9.17) is 9.47 Å². The van der Waals surface area contributed by atoms with Crippen LogP contribution in [-0.4, -0.2) is 37.7 Å². The Labute approximate surface area is 144 Å². The van der Waals surface area contributed by atoms with Crippen molar-refractivity contribution in [2.24, 2.45) is 5.41 Å². The van der Waals surface area contributed by atoms with E-state index >= 15 is 0 Å². The number of methoxy groups -OCH3 is 1. The molecule has 0 unspecified atom stereocenters. The van der Waals surface area contributed by atoms with Gasteiger partial charge < -0.3 is 14.8 Å². The summed E-state index contributed by atoms with van der Waals surface area (Å²) >= 11 is 1.27. The Balaban J connectivity index is 1.93. The molecule has 1 aliphatic rings. The lowest BCUT2D eigenvalue weighted by Crippen LogP contribution is -2.54. The maximum Gasteiger partial charge on any atom is 0.341 e. The van der Waals surface area contributed by atoms with Crippen molar-refractivity contribution >= 4 is 34.3 Å². The fourth-order valence-corrected chi connectivity index (χ4v) is 3.79. The third kappa shape index (κ3) is 3.69. The van der Waals surface area contributed by atoms with Gasteiger partial charge in [0, 0.05) is 6.04 Å². The number of aryl methyl sites for hydroxylation is 1. The molecule has 8 heteroatoms. The molecule has 132 valence electrons. The highest BCUT2D eigenvalue weighted by molar-refractivity contribution is 7.15. The highest BCUT2D eigenvalue weighted by Crippen LogP contribution is 2.41. The van der Waals surface area contributed by atoms with E-state index in [1.165, 1.54) is 18.4 Å². The quantitative estimate of drug-likeness (QED) is 0.793. The largest absolute Gasteiger partial charge is 0.469 e. The molecule has 0 radical (unpaired) electrons. The van der Waals surface area contributed by atoms with Crippen molar-refractivity contribution < 1.29 is 23.9 Å². The van der Waals surface area contributed by atoms with E-state index in [9.17, 15) is 14.4 Å². The lowest BCUT2D eigenvalue weighted by atomic mass is 9.67. The van der Waals surface area contributed by atoms with E-state index in [2.05, 4.69) is 10.6 Å². The number of nitrogens with one attached hydrogen (secondary N) is 2. The zero-order valence-corrected chi connectivity index (χ0v) is 15.0. The number of urea groups is 1. The number of amides is 2. The van der Waals surface area contributed by atoms with Gasteiger partial charge in [0.05, 0.1) is 24.7 Å². The number of hydrogen-bond acceptors (Lipinski definition) is 6. The first-order valence-electron chi connectivity index (χ1n) is 7.72. The van der Waals surface area contributed by atoms with Gasteiger partial charge in [0.25, 0.3) is 0 Å². The van der Waals surface area contributed by atoms with Crippen molar-refractivity contribution in [2.45, 2.75) is 39.7 Å². The number of hydrogen-bond donors (Lipinski definition) is 2. The van der Waals surface area contributed by atoms with Gasteiger partial charge in [-0.25, -0.2) is 9.59 Å². The molecule has 0 spiro atoms. The molecule has 1 heterocycles. The van der Waals surface area contributed by atoms with Crippen LogP contribution in [0.5, 0.6) is 0 Å². The summed E-state index contributed by atoms with van der Waals surface area (Å²) in [6.45, 7) is 5.61. The molecule has 0 atom stereocenters. The minimum absolute atomic E-state index is 0.0961. The van der Waals surface area contributed by atoms with Gasteiger partial charge in [-0.2, -0.15) is 0 Å². The van der Waals surface area contributed by atoms with Gasteiger partial charge >= 0.3 is 18.0 Å². The minimum atomic E-state index is -0.539. The normalized spacial score (nSPS) is 22.2. The topological polar surface area (TPSA) is 93.7 Å². The second kappa shape index (κ2) is 7.21. The smallest absolute Gasteiger partial charge is 0.341 e. The van der Waals surface area contributed by atoms with Crippen molar-refractivity contribution in [1.82, 2.24) is 5.32 Å². The van der Waals surface area contributed by atoms with E-state index in [0.717, 1.165) is 5.56 Å². The molecular formula is C16H22N2O5S. The molecule has 2 amide bonds. The van der Waals surface area contributed by atoms with E-state index in [0.29, 0.717) is 23.4 Å². The standard InChI is InChI=1S/C16H22N2O5S/c1-5-23-13(19)11-9(2)8-24-12(11)18-15(21)17-10-6-16(3,7-10)14(20)22-4/h8,10H,5-7H2,1-4H3,(H2,17,18,21). The Morgan fingerprint density at radius 1 is 1.38 bits per heavy atom. The molecule has 0 aliphatic heterocycles. The van der Waals surface area contributed by atoms with Crippen LogP contribution in [-0.2, 0) is 14.3 Å². The van der Waals surface area contributed by atoms with Crippen molar-refractivity contribution in [3.05, 3.63) is 16.5 Å². The summed E-state index contributed by atoms with van der Waals surface area (Å²) in [4.78, 5) is 35.7. The predicted molar refractivity (Wildman–Crippen MR) is 90.3 cm³/mol. The van der Waals surface area contributed by atoms with Crippen molar-refractivity contribution in [3.8, 4) is 0 Å². The first kappa shape index (κ1) is 18.3. The predicted octanol–water partition coefficient (Wildman–Crippen LogP) is 2.70. The highest BCUT2D eigenvalue weighted by atomic mass is 32.1. The second-order valence-corrected chi connectivity index (χ2v) is 6.98. The van der Waals surface area contributed by atoms with Gasteiger partial charge in [0.1, 0.15) is 5.00 Å². The Morgan fingerprint density at radius 2 is 2.04 bits per heavy atom. The number of carbonyl (C=O) groups is 3. The van der Waals surface area contributed by atoms with Crippen LogP contribution in [0.3, 0.4) is 0 Å². The Kier molecular flexibility index (Phi) is 5.48. The number of esters is 2. The van der Waals surface area contributed by atoms with Gasteiger partial charge in [0.15, 0.2) is 0 Å². The average molecular weight is 354 g/mol. The van der Waals surface area contributed by atoms with E-state index in [1.807, 2.05) is 6.92 Å². The summed E-state index contributed by atoms with van der Waals surface area (Å²) < 4.78 is 9.77. The number of carbonyl (C=O) groups excluding carboxylic acids is 3. The van der Waals surface area contributed by atoms with Crippen LogP contribution in [0.1, 0.15) is 42.6 Å². The van der Waals surface area contributed by atoms with Crippen LogP contribution >= 0.6 is 11.3 Å². The maximum atomic E-state index is 12.1. The van der Waals surface area contributed by atoms with Gasteiger partial charge in [-0.15, -0.1) is 11.3 Å². The fourth-order valence-electron chi connectivity index (χ4n) is 2.86. The summed E-state index contributed by atoms with van der Waals surface area (Å²) in [5.41, 5.74) is 0.600. The number of anilines is 1. The molecular weight excluding hydrogens is 332 g/mol. The molecule has 2 N–H and O–H groups in total. The van der Waals surface area contributed by atoms with Crippen LogP contribution in [0.15, 0.2) is 5.38 Å². The summed E-state index contributed by atoms with van der Waals surface area (Å²) in [6.07, 6.45) is 1.06. The van der Waals surface area contributed by atoms with E-state index < -0.39 is 17.4 Å².